The maximum atomic E-state index is 13.2. The molecular weight excluding hydrogens is 380 g/mol. The molecule has 3 aromatic rings. The minimum atomic E-state index is -0.237. The standard InChI is InChI=1S/C28H30N2O/c1-2-3-4-7-17-26(21-29)24-18-12-19-25(20-24)28(31)30-27(22-13-8-5-9-14-22)23-15-10-6-11-16-23/h5-6,8-16,18-20,26-27H,2-4,7,17H2,1H3,(H,30,31). The number of amides is 1. The number of hydrogen-bond donors (Lipinski definition) is 1. The van der Waals surface area contributed by atoms with Gasteiger partial charge in [0.2, 0.25) is 0 Å². The highest BCUT2D eigenvalue weighted by atomic mass is 16.1. The Labute approximate surface area is 185 Å². The second kappa shape index (κ2) is 11.7. The fourth-order valence-electron chi connectivity index (χ4n) is 3.84. The minimum absolute atomic E-state index is 0.137. The van der Waals surface area contributed by atoms with Crippen molar-refractivity contribution in [2.24, 2.45) is 0 Å². The lowest BCUT2D eigenvalue weighted by Crippen LogP contribution is -2.29. The van der Waals surface area contributed by atoms with Crippen LogP contribution < -0.4 is 5.32 Å². The van der Waals surface area contributed by atoms with Gasteiger partial charge in [-0.1, -0.05) is 105 Å². The zero-order valence-electron chi connectivity index (χ0n) is 18.1. The van der Waals surface area contributed by atoms with Gasteiger partial charge in [0, 0.05) is 5.56 Å². The molecule has 0 spiro atoms. The fraction of sp³-hybridized carbons (Fsp3) is 0.286. The van der Waals surface area contributed by atoms with Crippen LogP contribution in [0.25, 0.3) is 0 Å². The lowest BCUT2D eigenvalue weighted by molar-refractivity contribution is 0.0943. The summed E-state index contributed by atoms with van der Waals surface area (Å²) in [6, 6.07) is 29.7. The molecule has 0 aliphatic rings. The van der Waals surface area contributed by atoms with Crippen LogP contribution >= 0.6 is 0 Å². The van der Waals surface area contributed by atoms with E-state index in [0.717, 1.165) is 36.0 Å². The Morgan fingerprint density at radius 1 is 0.839 bits per heavy atom. The summed E-state index contributed by atoms with van der Waals surface area (Å²) < 4.78 is 0. The van der Waals surface area contributed by atoms with Crippen molar-refractivity contribution >= 4 is 5.91 Å². The number of nitrogens with one attached hydrogen (secondary N) is 1. The predicted octanol–water partition coefficient (Wildman–Crippen LogP) is 6.78. The number of hydrogen-bond acceptors (Lipinski definition) is 2. The van der Waals surface area contributed by atoms with Crippen LogP contribution in [0.3, 0.4) is 0 Å². The highest BCUT2D eigenvalue weighted by molar-refractivity contribution is 5.95. The maximum Gasteiger partial charge on any atom is 0.252 e. The lowest BCUT2D eigenvalue weighted by atomic mass is 9.92. The van der Waals surface area contributed by atoms with Crippen LogP contribution in [0.1, 0.15) is 78.0 Å². The van der Waals surface area contributed by atoms with E-state index in [9.17, 15) is 10.1 Å². The fourth-order valence-corrected chi connectivity index (χ4v) is 3.84. The van der Waals surface area contributed by atoms with Crippen molar-refractivity contribution in [2.45, 2.75) is 51.0 Å². The van der Waals surface area contributed by atoms with E-state index in [1.54, 1.807) is 0 Å². The quantitative estimate of drug-likeness (QED) is 0.374. The Kier molecular flexibility index (Phi) is 8.43. The van der Waals surface area contributed by atoms with Gasteiger partial charge in [0.1, 0.15) is 0 Å². The molecule has 1 unspecified atom stereocenters. The van der Waals surface area contributed by atoms with Crippen molar-refractivity contribution in [3.8, 4) is 6.07 Å². The predicted molar refractivity (Wildman–Crippen MR) is 126 cm³/mol. The summed E-state index contributed by atoms with van der Waals surface area (Å²) in [5, 5.41) is 12.8. The van der Waals surface area contributed by atoms with Gasteiger partial charge in [-0.15, -0.1) is 0 Å². The van der Waals surface area contributed by atoms with E-state index in [-0.39, 0.29) is 17.9 Å². The van der Waals surface area contributed by atoms with Crippen LogP contribution in [-0.2, 0) is 0 Å². The Bertz CT molecular complexity index is 953. The van der Waals surface area contributed by atoms with Gasteiger partial charge < -0.3 is 5.32 Å². The zero-order valence-corrected chi connectivity index (χ0v) is 18.1. The van der Waals surface area contributed by atoms with Gasteiger partial charge in [-0.05, 0) is 35.2 Å². The number of carbonyl (C=O) groups excluding carboxylic acids is 1. The summed E-state index contributed by atoms with van der Waals surface area (Å²) in [6.45, 7) is 2.18. The normalized spacial score (nSPS) is 11.6. The van der Waals surface area contributed by atoms with Crippen molar-refractivity contribution < 1.29 is 4.79 Å². The third-order valence-corrected chi connectivity index (χ3v) is 5.59. The van der Waals surface area contributed by atoms with Crippen LogP contribution in [0.15, 0.2) is 84.9 Å². The number of carbonyl (C=O) groups is 1. The van der Waals surface area contributed by atoms with Gasteiger partial charge in [0.05, 0.1) is 18.0 Å². The maximum absolute atomic E-state index is 13.2. The van der Waals surface area contributed by atoms with Gasteiger partial charge in [-0.3, -0.25) is 4.79 Å². The molecule has 0 aromatic heterocycles. The van der Waals surface area contributed by atoms with E-state index in [1.165, 1.54) is 12.8 Å². The molecular formula is C28H30N2O. The summed E-state index contributed by atoms with van der Waals surface area (Å²) in [6.07, 6.45) is 5.38. The molecule has 0 fully saturated rings. The summed E-state index contributed by atoms with van der Waals surface area (Å²) in [4.78, 5) is 13.2. The van der Waals surface area contributed by atoms with Crippen molar-refractivity contribution in [1.29, 1.82) is 5.26 Å². The molecule has 158 valence electrons. The largest absolute Gasteiger partial charge is 0.341 e. The third kappa shape index (κ3) is 6.30. The van der Waals surface area contributed by atoms with Crippen molar-refractivity contribution in [3.05, 3.63) is 107 Å². The topological polar surface area (TPSA) is 52.9 Å². The van der Waals surface area contributed by atoms with E-state index in [4.69, 9.17) is 0 Å². The molecule has 1 amide bonds. The first kappa shape index (κ1) is 22.3. The number of rotatable bonds is 10. The molecule has 1 atom stereocenters. The van der Waals surface area contributed by atoms with Crippen molar-refractivity contribution in [2.75, 3.05) is 0 Å². The Balaban J connectivity index is 1.78. The van der Waals surface area contributed by atoms with Crippen LogP contribution in [0.4, 0.5) is 0 Å². The molecule has 0 aliphatic carbocycles. The van der Waals surface area contributed by atoms with Gasteiger partial charge in [-0.25, -0.2) is 0 Å². The molecule has 3 aromatic carbocycles. The van der Waals surface area contributed by atoms with E-state index < -0.39 is 0 Å². The summed E-state index contributed by atoms with van der Waals surface area (Å²) >= 11 is 0. The Morgan fingerprint density at radius 2 is 1.45 bits per heavy atom. The number of nitrogens with zero attached hydrogens (tertiary/aromatic N) is 1. The first-order valence-electron chi connectivity index (χ1n) is 11.1. The van der Waals surface area contributed by atoms with Crippen molar-refractivity contribution in [1.82, 2.24) is 5.32 Å². The van der Waals surface area contributed by atoms with Gasteiger partial charge >= 0.3 is 0 Å². The molecule has 3 heteroatoms. The SMILES string of the molecule is CCCCCCC(C#N)c1cccc(C(=O)NC(c2ccccc2)c2ccccc2)c1. The van der Waals surface area contributed by atoms with Crippen LogP contribution in [0, 0.1) is 11.3 Å². The lowest BCUT2D eigenvalue weighted by Gasteiger charge is -2.20. The highest BCUT2D eigenvalue weighted by Crippen LogP contribution is 2.25. The molecule has 0 heterocycles. The van der Waals surface area contributed by atoms with Gasteiger partial charge in [0.15, 0.2) is 0 Å². The first-order valence-corrected chi connectivity index (χ1v) is 11.1. The minimum Gasteiger partial charge on any atom is -0.341 e. The molecule has 0 saturated heterocycles. The van der Waals surface area contributed by atoms with E-state index in [0.29, 0.717) is 5.56 Å². The Hall–Kier alpha value is -3.38. The van der Waals surface area contributed by atoms with Crippen LogP contribution in [0.2, 0.25) is 0 Å². The average molecular weight is 411 g/mol. The summed E-state index contributed by atoms with van der Waals surface area (Å²) in [5.74, 6) is -0.314. The molecule has 1 N–H and O–H groups in total. The van der Waals surface area contributed by atoms with Crippen LogP contribution in [0.5, 0.6) is 0 Å². The van der Waals surface area contributed by atoms with E-state index in [1.807, 2.05) is 84.9 Å². The zero-order chi connectivity index (χ0) is 21.9. The molecule has 0 radical (unpaired) electrons. The molecule has 3 nitrogen and oxygen atoms in total. The van der Waals surface area contributed by atoms with Gasteiger partial charge in [-0.2, -0.15) is 5.26 Å². The monoisotopic (exact) mass is 410 g/mol. The molecule has 0 aliphatic heterocycles. The average Bonchev–Trinajstić information content (AvgIpc) is 2.83. The van der Waals surface area contributed by atoms with E-state index >= 15 is 0 Å². The second-order valence-electron chi connectivity index (χ2n) is 7.88. The van der Waals surface area contributed by atoms with Gasteiger partial charge in [0.25, 0.3) is 5.91 Å². The van der Waals surface area contributed by atoms with Crippen LogP contribution in [-0.4, -0.2) is 5.91 Å². The molecule has 0 bridgehead atoms. The number of nitriles is 1. The third-order valence-electron chi connectivity index (χ3n) is 5.59. The van der Waals surface area contributed by atoms with E-state index in [2.05, 4.69) is 18.3 Å². The smallest absolute Gasteiger partial charge is 0.252 e. The first-order chi connectivity index (χ1) is 15.2. The number of unbranched alkanes of at least 4 members (excludes halogenated alkanes) is 3. The Morgan fingerprint density at radius 3 is 2.03 bits per heavy atom. The number of benzene rings is 3. The summed E-state index contributed by atoms with van der Waals surface area (Å²) in [7, 11) is 0. The highest BCUT2D eigenvalue weighted by Gasteiger charge is 2.19. The molecule has 0 saturated carbocycles. The second-order valence-corrected chi connectivity index (χ2v) is 7.88. The molecule has 31 heavy (non-hydrogen) atoms. The summed E-state index contributed by atoms with van der Waals surface area (Å²) in [5.41, 5.74) is 3.57. The molecule has 3 rings (SSSR count). The van der Waals surface area contributed by atoms with Crippen molar-refractivity contribution in [3.63, 3.8) is 0 Å².